The molecule has 2 heteroatoms. The van der Waals surface area contributed by atoms with Crippen molar-refractivity contribution in [2.24, 2.45) is 0 Å². The second-order valence-corrected chi connectivity index (χ2v) is 3.48. The number of benzene rings is 1. The van der Waals surface area contributed by atoms with Crippen molar-refractivity contribution in [3.05, 3.63) is 35.6 Å². The first-order valence-corrected chi connectivity index (χ1v) is 3.84. The van der Waals surface area contributed by atoms with Crippen molar-refractivity contribution < 1.29 is 9.50 Å². The maximum atomic E-state index is 12.7. The van der Waals surface area contributed by atoms with Crippen LogP contribution in [0.1, 0.15) is 19.4 Å². The van der Waals surface area contributed by atoms with Crippen molar-refractivity contribution in [1.82, 2.24) is 0 Å². The van der Waals surface area contributed by atoms with Gasteiger partial charge in [0.1, 0.15) is 5.82 Å². The fourth-order valence-electron chi connectivity index (χ4n) is 0.925. The molecule has 65 valence electrons. The Bertz CT molecular complexity index is 268. The SMILES string of the molecule is CC(C)(CO)c1c[c]cc(F)c1. The molecule has 0 aliphatic carbocycles. The van der Waals surface area contributed by atoms with E-state index < -0.39 is 5.41 Å². The molecule has 0 unspecified atom stereocenters. The third-order valence-corrected chi connectivity index (χ3v) is 1.93. The van der Waals surface area contributed by atoms with Crippen LogP contribution >= 0.6 is 0 Å². The van der Waals surface area contributed by atoms with Crippen LogP contribution in [0.2, 0.25) is 0 Å². The Balaban J connectivity index is 3.03. The minimum atomic E-state index is -0.390. The summed E-state index contributed by atoms with van der Waals surface area (Å²) in [5.41, 5.74) is 0.378. The Kier molecular flexibility index (Phi) is 2.48. The predicted molar refractivity (Wildman–Crippen MR) is 45.3 cm³/mol. The summed E-state index contributed by atoms with van der Waals surface area (Å²) >= 11 is 0. The average Bonchev–Trinajstić information content (AvgIpc) is 2.05. The Hall–Kier alpha value is -0.890. The van der Waals surface area contributed by atoms with Gasteiger partial charge in [0.25, 0.3) is 0 Å². The van der Waals surface area contributed by atoms with Crippen LogP contribution in [-0.2, 0) is 5.41 Å². The number of halogens is 1. The summed E-state index contributed by atoms with van der Waals surface area (Å²) in [5, 5.41) is 9.00. The highest BCUT2D eigenvalue weighted by molar-refractivity contribution is 5.23. The Labute approximate surface area is 71.9 Å². The smallest absolute Gasteiger partial charge is 0.124 e. The molecule has 1 radical (unpaired) electrons. The van der Waals surface area contributed by atoms with Gasteiger partial charge in [-0.25, -0.2) is 4.39 Å². The van der Waals surface area contributed by atoms with Crippen molar-refractivity contribution in [3.8, 4) is 0 Å². The normalized spacial score (nSPS) is 11.7. The molecule has 1 nitrogen and oxygen atoms in total. The van der Waals surface area contributed by atoms with E-state index in [4.69, 9.17) is 5.11 Å². The van der Waals surface area contributed by atoms with Gasteiger partial charge in [-0.15, -0.1) is 0 Å². The average molecular weight is 167 g/mol. The zero-order valence-electron chi connectivity index (χ0n) is 7.26. The van der Waals surface area contributed by atoms with Crippen LogP contribution in [0.4, 0.5) is 4.39 Å². The fourth-order valence-corrected chi connectivity index (χ4v) is 0.925. The summed E-state index contributed by atoms with van der Waals surface area (Å²) in [4.78, 5) is 0. The number of aliphatic hydroxyl groups excluding tert-OH is 1. The van der Waals surface area contributed by atoms with Gasteiger partial charge < -0.3 is 5.11 Å². The van der Waals surface area contributed by atoms with Crippen molar-refractivity contribution in [2.45, 2.75) is 19.3 Å². The number of rotatable bonds is 2. The van der Waals surface area contributed by atoms with E-state index >= 15 is 0 Å². The second-order valence-electron chi connectivity index (χ2n) is 3.48. The van der Waals surface area contributed by atoms with Gasteiger partial charge in [0.05, 0.1) is 6.61 Å². The largest absolute Gasteiger partial charge is 0.395 e. The van der Waals surface area contributed by atoms with Gasteiger partial charge in [-0.1, -0.05) is 19.9 Å². The summed E-state index contributed by atoms with van der Waals surface area (Å²) in [6.45, 7) is 3.72. The molecule has 0 aliphatic rings. The second kappa shape index (κ2) is 3.23. The minimum Gasteiger partial charge on any atom is -0.395 e. The minimum absolute atomic E-state index is 0.00426. The molecular formula is C10H12FO. The molecular weight excluding hydrogens is 155 g/mol. The summed E-state index contributed by atoms with van der Waals surface area (Å²) in [5.74, 6) is -0.311. The van der Waals surface area contributed by atoms with E-state index in [0.29, 0.717) is 0 Å². The molecule has 1 aromatic rings. The van der Waals surface area contributed by atoms with Crippen LogP contribution in [0.3, 0.4) is 0 Å². The lowest BCUT2D eigenvalue weighted by Crippen LogP contribution is -2.21. The molecule has 0 heterocycles. The first kappa shape index (κ1) is 9.20. The van der Waals surface area contributed by atoms with Gasteiger partial charge >= 0.3 is 0 Å². The molecule has 0 atom stereocenters. The van der Waals surface area contributed by atoms with Crippen LogP contribution in [0.25, 0.3) is 0 Å². The third kappa shape index (κ3) is 1.83. The molecule has 1 N–H and O–H groups in total. The topological polar surface area (TPSA) is 20.2 Å². The van der Waals surface area contributed by atoms with Crippen LogP contribution in [0, 0.1) is 11.9 Å². The van der Waals surface area contributed by atoms with E-state index in [9.17, 15) is 4.39 Å². The zero-order chi connectivity index (χ0) is 9.19. The highest BCUT2D eigenvalue weighted by atomic mass is 19.1. The fraction of sp³-hybridized carbons (Fsp3) is 0.400. The molecule has 0 saturated heterocycles. The number of hydrogen-bond donors (Lipinski definition) is 1. The van der Waals surface area contributed by atoms with E-state index in [1.807, 2.05) is 13.8 Å². The van der Waals surface area contributed by atoms with Gasteiger partial charge in [-0.2, -0.15) is 0 Å². The first-order valence-electron chi connectivity index (χ1n) is 3.84. The van der Waals surface area contributed by atoms with Crippen LogP contribution in [0.15, 0.2) is 18.2 Å². The Morgan fingerprint density at radius 2 is 2.17 bits per heavy atom. The van der Waals surface area contributed by atoms with Crippen molar-refractivity contribution in [3.63, 3.8) is 0 Å². The standard InChI is InChI=1S/C10H12FO/c1-10(2,7-12)8-4-3-5-9(11)6-8/h4-6,12H,7H2,1-2H3. The molecule has 0 saturated carbocycles. The van der Waals surface area contributed by atoms with E-state index in [2.05, 4.69) is 6.07 Å². The molecule has 0 fully saturated rings. The van der Waals surface area contributed by atoms with E-state index in [-0.39, 0.29) is 12.4 Å². The molecule has 1 rings (SSSR count). The van der Waals surface area contributed by atoms with Gasteiger partial charge in [0.15, 0.2) is 0 Å². The molecule has 0 amide bonds. The van der Waals surface area contributed by atoms with Gasteiger partial charge in [0, 0.05) is 5.41 Å². The predicted octanol–water partition coefficient (Wildman–Crippen LogP) is 1.90. The monoisotopic (exact) mass is 167 g/mol. The highest BCUT2D eigenvalue weighted by Gasteiger charge is 2.19. The number of aliphatic hydroxyl groups is 1. The maximum absolute atomic E-state index is 12.7. The summed E-state index contributed by atoms with van der Waals surface area (Å²) in [6, 6.07) is 7.08. The quantitative estimate of drug-likeness (QED) is 0.713. The molecule has 0 aromatic heterocycles. The van der Waals surface area contributed by atoms with Crippen molar-refractivity contribution in [2.75, 3.05) is 6.61 Å². The molecule has 0 aliphatic heterocycles. The zero-order valence-corrected chi connectivity index (χ0v) is 7.26. The van der Waals surface area contributed by atoms with Gasteiger partial charge in [0.2, 0.25) is 0 Å². The Morgan fingerprint density at radius 1 is 1.50 bits per heavy atom. The summed E-state index contributed by atoms with van der Waals surface area (Å²) in [6.07, 6.45) is 0. The van der Waals surface area contributed by atoms with Crippen molar-refractivity contribution in [1.29, 1.82) is 0 Å². The molecule has 12 heavy (non-hydrogen) atoms. The molecule has 0 spiro atoms. The third-order valence-electron chi connectivity index (χ3n) is 1.93. The van der Waals surface area contributed by atoms with Gasteiger partial charge in [-0.3, -0.25) is 0 Å². The summed E-state index contributed by atoms with van der Waals surface area (Å²) < 4.78 is 12.7. The Morgan fingerprint density at radius 3 is 2.67 bits per heavy atom. The summed E-state index contributed by atoms with van der Waals surface area (Å²) in [7, 11) is 0. The van der Waals surface area contributed by atoms with Crippen LogP contribution < -0.4 is 0 Å². The molecule has 1 aromatic carbocycles. The van der Waals surface area contributed by atoms with Gasteiger partial charge in [-0.05, 0) is 23.8 Å². The van der Waals surface area contributed by atoms with E-state index in [1.54, 1.807) is 6.07 Å². The van der Waals surface area contributed by atoms with E-state index in [1.165, 1.54) is 12.1 Å². The maximum Gasteiger partial charge on any atom is 0.124 e. The molecule has 0 bridgehead atoms. The van der Waals surface area contributed by atoms with Crippen LogP contribution in [0.5, 0.6) is 0 Å². The lowest BCUT2D eigenvalue weighted by Gasteiger charge is -2.21. The van der Waals surface area contributed by atoms with E-state index in [0.717, 1.165) is 5.56 Å². The van der Waals surface area contributed by atoms with Crippen LogP contribution in [-0.4, -0.2) is 11.7 Å². The lowest BCUT2D eigenvalue weighted by atomic mass is 9.86. The highest BCUT2D eigenvalue weighted by Crippen LogP contribution is 2.22. The van der Waals surface area contributed by atoms with Crippen molar-refractivity contribution >= 4 is 0 Å². The first-order chi connectivity index (χ1) is 5.56. The lowest BCUT2D eigenvalue weighted by molar-refractivity contribution is 0.218. The number of hydrogen-bond acceptors (Lipinski definition) is 1.